The topological polar surface area (TPSA) is 338 Å². The molecule has 10 heterocycles. The lowest BCUT2D eigenvalue weighted by Gasteiger charge is -2.38. The molecule has 3 amide bonds. The van der Waals surface area contributed by atoms with E-state index in [0.717, 1.165) is 159 Å². The molecule has 9 aromatic heterocycles. The van der Waals surface area contributed by atoms with Gasteiger partial charge in [-0.25, -0.2) is 39.9 Å². The van der Waals surface area contributed by atoms with Crippen LogP contribution in [0, 0.1) is 13.8 Å². The van der Waals surface area contributed by atoms with Crippen molar-refractivity contribution in [1.29, 1.82) is 0 Å². The van der Waals surface area contributed by atoms with Gasteiger partial charge >= 0.3 is 0 Å². The number of aromatic nitrogens is 13. The van der Waals surface area contributed by atoms with E-state index in [2.05, 4.69) is 63.2 Å². The molecule has 27 heteroatoms. The second-order valence-electron chi connectivity index (χ2n) is 30.1. The number of nitrogens with two attached hydrogens (primary N) is 3. The number of hydrogen-bond donors (Lipinski definition) is 5. The molecule has 4 aromatic carbocycles. The first-order chi connectivity index (χ1) is 56.3. The summed E-state index contributed by atoms with van der Waals surface area (Å²) in [5, 5.41) is 13.6. The molecule has 0 radical (unpaired) electrons. The summed E-state index contributed by atoms with van der Waals surface area (Å²) in [5.41, 5.74) is 34.4. The Morgan fingerprint density at radius 3 is 1.60 bits per heavy atom. The fourth-order valence-corrected chi connectivity index (χ4v) is 17.4. The molecule has 2 atom stereocenters. The van der Waals surface area contributed by atoms with Gasteiger partial charge in [0.1, 0.15) is 64.9 Å². The van der Waals surface area contributed by atoms with Gasteiger partial charge in [0.2, 0.25) is 29.5 Å². The number of benzene rings is 4. The van der Waals surface area contributed by atoms with Crippen LogP contribution in [0.3, 0.4) is 0 Å². The maximum absolute atomic E-state index is 13.7. The Balaban J connectivity index is 0.544. The molecule has 2 saturated carbocycles. The van der Waals surface area contributed by atoms with Crippen molar-refractivity contribution in [3.8, 4) is 90.9 Å². The summed E-state index contributed by atoms with van der Waals surface area (Å²) in [4.78, 5) is 78.6. The van der Waals surface area contributed by atoms with E-state index in [0.29, 0.717) is 87.2 Å². The third-order valence-corrected chi connectivity index (χ3v) is 22.9. The van der Waals surface area contributed by atoms with Crippen LogP contribution in [0.2, 0.25) is 0 Å². The van der Waals surface area contributed by atoms with Crippen molar-refractivity contribution in [1.82, 2.24) is 78.9 Å². The van der Waals surface area contributed by atoms with Crippen molar-refractivity contribution < 1.29 is 38.1 Å². The number of likely N-dealkylation sites (tertiary alicyclic amines) is 1. The highest BCUT2D eigenvalue weighted by Gasteiger charge is 2.36. The molecule has 2 unspecified atom stereocenters. The van der Waals surface area contributed by atoms with E-state index >= 15 is 0 Å². The maximum atomic E-state index is 13.7. The molecule has 3 fully saturated rings. The summed E-state index contributed by atoms with van der Waals surface area (Å²) in [7, 11) is 9.20. The Morgan fingerprint density at radius 1 is 0.517 bits per heavy atom. The molecule has 590 valence electrons. The number of pyridine rings is 2. The highest BCUT2D eigenvalue weighted by molar-refractivity contribution is 6.08. The summed E-state index contributed by atoms with van der Waals surface area (Å²) in [6.07, 6.45) is 24.3. The molecule has 8 N–H and O–H groups in total. The van der Waals surface area contributed by atoms with Crippen LogP contribution in [0.1, 0.15) is 123 Å². The number of ether oxygens (including phenoxy) is 5. The summed E-state index contributed by atoms with van der Waals surface area (Å²) in [5.74, 6) is 4.80. The van der Waals surface area contributed by atoms with E-state index in [-0.39, 0.29) is 53.7 Å². The molecule has 16 rings (SSSR count). The second-order valence-corrected chi connectivity index (χ2v) is 30.1. The zero-order valence-corrected chi connectivity index (χ0v) is 66.0. The first-order valence-corrected chi connectivity index (χ1v) is 39.0. The molecule has 2 aliphatic carbocycles. The number of nitrogens with zero attached hydrogens (tertiary/aromatic N) is 14. The molecule has 1 aliphatic heterocycles. The molecule has 1 saturated heterocycles. The number of hydrogen-bond acceptors (Lipinski definition) is 20. The number of rotatable bonds is 22. The van der Waals surface area contributed by atoms with Gasteiger partial charge in [-0.2, -0.15) is 5.10 Å². The largest absolute Gasteiger partial charge is 0.493 e. The fraction of sp³-hybridized carbons (Fsp3) is 0.281. The van der Waals surface area contributed by atoms with Crippen molar-refractivity contribution in [3.63, 3.8) is 0 Å². The quantitative estimate of drug-likeness (QED) is 0.0394. The second kappa shape index (κ2) is 32.4. The number of fused-ring (bicyclic) bond motifs is 3. The van der Waals surface area contributed by atoms with Crippen molar-refractivity contribution >= 4 is 80.4 Å². The van der Waals surface area contributed by atoms with Crippen LogP contribution >= 0.6 is 0 Å². The number of piperidine rings is 1. The number of methoxy groups -OCH3 is 2. The lowest BCUT2D eigenvalue weighted by atomic mass is 9.81. The van der Waals surface area contributed by atoms with Gasteiger partial charge in [-0.05, 0) is 192 Å². The predicted octanol–water partition coefficient (Wildman–Crippen LogP) is 15.4. The Labute approximate surface area is 670 Å². The molecule has 27 nitrogen and oxygen atoms in total. The lowest BCUT2D eigenvalue weighted by molar-refractivity contribution is -0.130. The van der Waals surface area contributed by atoms with E-state index in [1.807, 2.05) is 171 Å². The first kappa shape index (κ1) is 76.3. The van der Waals surface area contributed by atoms with Crippen molar-refractivity contribution in [3.05, 3.63) is 205 Å². The summed E-state index contributed by atoms with van der Waals surface area (Å²) >= 11 is 0. The van der Waals surface area contributed by atoms with Gasteiger partial charge in [0.05, 0.1) is 54.4 Å². The van der Waals surface area contributed by atoms with E-state index in [1.54, 1.807) is 44.6 Å². The monoisotopic (exact) mass is 1550 g/mol. The highest BCUT2D eigenvalue weighted by Crippen LogP contribution is 2.50. The Hall–Kier alpha value is -13.7. The molecular formula is C89H91N19O8. The van der Waals surface area contributed by atoms with Crippen LogP contribution in [0.25, 0.3) is 89.9 Å². The van der Waals surface area contributed by atoms with Crippen LogP contribution in [-0.4, -0.2) is 125 Å². The van der Waals surface area contributed by atoms with Gasteiger partial charge in [-0.1, -0.05) is 49.0 Å². The molecule has 116 heavy (non-hydrogen) atoms. The average Bonchev–Trinajstić information content (AvgIpc) is 1.59. The minimum absolute atomic E-state index is 0.0161. The van der Waals surface area contributed by atoms with E-state index in [1.165, 1.54) is 25.1 Å². The lowest BCUT2D eigenvalue weighted by Crippen LogP contribution is -2.46. The molecule has 0 spiro atoms. The number of amides is 3. The average molecular weight is 1550 g/mol. The standard InChI is InChI=1S/C89H91N19O8/c1-10-74(111)107-39-13-17-65(52(107)4)108-46-60(45-99-108)83-75(78-84(90)93-47-96-87(78)106(83)7)55-25-33-63(34-26-55)114-64-16-12-15-53(41-64)19-37-70(109)102-61-29-21-56(22-30-61)82-77(80-86(92)95-49-98-89(80)105(82)6)59-28-36-67(69(44-59)113-9)116-73-42-54(40-51(3)101-73)20-38-71(110)103-62-31-23-57(24-32-62)81-76(79-85(91)94-48-97-88(79)104(81)5)58-27-35-66(68(43-58)112-8)115-72-18-11-14-50(2)100-72/h10-12,14-16,18-20,25-28,33-38,40-49,52,56-57,61-62,65H,1,13,17,21-24,29-32,39H2,2-9H3,(H,102,109)(H,103,110)(H2,90,93,96)(H2,91,94,97)(H2,92,95,98)/b37-19+,38-20+/t52?,56-,57-,61-,62+,65?. The minimum Gasteiger partial charge on any atom is -0.493 e. The van der Waals surface area contributed by atoms with E-state index < -0.39 is 0 Å². The smallest absolute Gasteiger partial charge is 0.246 e. The predicted molar refractivity (Wildman–Crippen MR) is 448 cm³/mol. The van der Waals surface area contributed by atoms with Crippen LogP contribution in [-0.2, 0) is 35.5 Å². The van der Waals surface area contributed by atoms with Crippen LogP contribution in [0.5, 0.6) is 46.3 Å². The van der Waals surface area contributed by atoms with E-state index in [4.69, 9.17) is 56.0 Å². The summed E-state index contributed by atoms with van der Waals surface area (Å²) in [6, 6.07) is 36.1. The Morgan fingerprint density at radius 2 is 1.04 bits per heavy atom. The molecule has 13 aromatic rings. The Kier molecular flexibility index (Phi) is 21.3. The van der Waals surface area contributed by atoms with Crippen LogP contribution in [0.15, 0.2) is 171 Å². The fourth-order valence-electron chi connectivity index (χ4n) is 17.4. The molecular weight excluding hydrogens is 1460 g/mol. The maximum Gasteiger partial charge on any atom is 0.246 e. The van der Waals surface area contributed by atoms with Crippen molar-refractivity contribution in [2.45, 2.75) is 121 Å². The van der Waals surface area contributed by atoms with Gasteiger partial charge in [0, 0.05) is 127 Å². The highest BCUT2D eigenvalue weighted by atomic mass is 16.5. The molecule has 0 bridgehead atoms. The van der Waals surface area contributed by atoms with Crippen molar-refractivity contribution in [2.75, 3.05) is 38.0 Å². The summed E-state index contributed by atoms with van der Waals surface area (Å²) in [6.45, 7) is 10.3. The van der Waals surface area contributed by atoms with Crippen LogP contribution < -0.4 is 51.5 Å². The number of carbonyl (C=O) groups is 3. The number of anilines is 3. The van der Waals surface area contributed by atoms with Gasteiger partial charge in [-0.3, -0.25) is 19.1 Å². The van der Waals surface area contributed by atoms with Gasteiger partial charge in [-0.15, -0.1) is 0 Å². The number of nitrogen functional groups attached to an aromatic ring is 3. The number of carbonyl (C=O) groups excluding carboxylic acids is 3. The van der Waals surface area contributed by atoms with Gasteiger partial charge < -0.3 is 70.1 Å². The first-order valence-electron chi connectivity index (χ1n) is 39.0. The zero-order valence-electron chi connectivity index (χ0n) is 66.0. The Bertz CT molecular complexity index is 6020. The third kappa shape index (κ3) is 15.2. The minimum atomic E-state index is -0.204. The summed E-state index contributed by atoms with van der Waals surface area (Å²) < 4.78 is 39.3. The SMILES string of the molecule is C=CC(=O)N1CCCC(n2cc(-c3c(-c4ccc(Oc5cccc(/C=C/C(=O)N[C@H]6CC[C@H](c7c(-c8ccc(Oc9cc(/C=C/C(=O)N[C@H]%10CC[C@@H](c%11c(-c%12ccc(Oc%13cccc(C)n%13)c(OC)c%12)c%12c(N)ncnc%12n%11C)CC%10)cc(C)n9)c(OC)c8)c8c(N)ncnc8n7C)CC6)c5)cc4)c4c(N)ncnc4n3C)cn2)C1C. The zero-order chi connectivity index (χ0) is 80.6. The normalized spacial score (nSPS) is 17.8. The third-order valence-electron chi connectivity index (χ3n) is 22.9. The number of nitrogens with one attached hydrogen (secondary N) is 2. The van der Waals surface area contributed by atoms with Crippen molar-refractivity contribution in [2.24, 2.45) is 21.1 Å². The number of aryl methyl sites for hydroxylation is 5. The van der Waals surface area contributed by atoms with Gasteiger partial charge in [0.25, 0.3) is 0 Å². The van der Waals surface area contributed by atoms with Gasteiger partial charge in [0.15, 0.2) is 23.0 Å². The van der Waals surface area contributed by atoms with Crippen LogP contribution in [0.4, 0.5) is 17.5 Å². The van der Waals surface area contributed by atoms with E-state index in [9.17, 15) is 14.4 Å². The molecule has 3 aliphatic rings.